The van der Waals surface area contributed by atoms with Crippen LogP contribution in [0.15, 0.2) is 12.6 Å². The van der Waals surface area contributed by atoms with E-state index in [-0.39, 0.29) is 10.8 Å². The molecule has 0 aliphatic rings. The maximum atomic E-state index is 10.5. The number of aryl methyl sites for hydroxylation is 1. The van der Waals surface area contributed by atoms with Crippen LogP contribution in [0, 0.1) is 18.3 Å². The van der Waals surface area contributed by atoms with Crippen LogP contribution < -0.4 is 0 Å². The Bertz CT molecular complexity index is 590. The lowest BCUT2D eigenvalue weighted by molar-refractivity contribution is 0.431. The number of hydrogen-bond acceptors (Lipinski definition) is 2. The van der Waals surface area contributed by atoms with E-state index in [1.54, 1.807) is 0 Å². The number of nitrogens with zero attached hydrogens (tertiary/aromatic N) is 1. The predicted molar refractivity (Wildman–Crippen MR) is 84.9 cm³/mol. The highest BCUT2D eigenvalue weighted by atomic mass is 16.3. The van der Waals surface area contributed by atoms with Crippen molar-refractivity contribution in [3.8, 4) is 11.8 Å². The summed E-state index contributed by atoms with van der Waals surface area (Å²) in [6, 6.07) is 4.01. The normalized spacial score (nSPS) is 12.1. The molecule has 0 fully saturated rings. The number of allylic oxidation sites excluding steroid dienone is 1. The van der Waals surface area contributed by atoms with Crippen molar-refractivity contribution < 1.29 is 5.11 Å². The van der Waals surface area contributed by atoms with Gasteiger partial charge in [-0.2, -0.15) is 5.26 Å². The number of aromatic hydroxyl groups is 1. The highest BCUT2D eigenvalue weighted by molar-refractivity contribution is 5.80. The van der Waals surface area contributed by atoms with Gasteiger partial charge in [-0.3, -0.25) is 0 Å². The van der Waals surface area contributed by atoms with Gasteiger partial charge in [-0.05, 0) is 40.5 Å². The molecule has 0 spiro atoms. The van der Waals surface area contributed by atoms with Crippen molar-refractivity contribution in [1.29, 1.82) is 5.26 Å². The second-order valence-electron chi connectivity index (χ2n) is 7.43. The summed E-state index contributed by atoms with van der Waals surface area (Å²) in [5.74, 6) is 0.330. The van der Waals surface area contributed by atoms with E-state index in [1.165, 1.54) is 0 Å². The van der Waals surface area contributed by atoms with Gasteiger partial charge in [-0.1, -0.05) is 48.1 Å². The van der Waals surface area contributed by atoms with Crippen molar-refractivity contribution in [1.82, 2.24) is 0 Å². The van der Waals surface area contributed by atoms with Crippen molar-refractivity contribution in [2.24, 2.45) is 0 Å². The fraction of sp³-hybridized carbons (Fsp3) is 0.500. The van der Waals surface area contributed by atoms with Crippen LogP contribution in [0.5, 0.6) is 5.75 Å². The molecule has 0 bridgehead atoms. The quantitative estimate of drug-likeness (QED) is 0.743. The van der Waals surface area contributed by atoms with Gasteiger partial charge in [0.1, 0.15) is 5.75 Å². The Morgan fingerprint density at radius 3 is 1.90 bits per heavy atom. The molecular formula is C18H25NO. The van der Waals surface area contributed by atoms with E-state index >= 15 is 0 Å². The van der Waals surface area contributed by atoms with Gasteiger partial charge in [-0.15, -0.1) is 0 Å². The Balaban J connectivity index is 3.96. The first kappa shape index (κ1) is 16.3. The summed E-state index contributed by atoms with van der Waals surface area (Å²) in [7, 11) is 0. The van der Waals surface area contributed by atoms with Crippen LogP contribution in [0.25, 0.3) is 5.57 Å². The molecule has 0 atom stereocenters. The van der Waals surface area contributed by atoms with Gasteiger partial charge in [0.25, 0.3) is 0 Å². The Morgan fingerprint density at radius 2 is 1.55 bits per heavy atom. The zero-order valence-corrected chi connectivity index (χ0v) is 13.7. The van der Waals surface area contributed by atoms with E-state index in [0.717, 1.165) is 22.3 Å². The van der Waals surface area contributed by atoms with Crippen LogP contribution in [0.4, 0.5) is 0 Å². The van der Waals surface area contributed by atoms with E-state index in [2.05, 4.69) is 54.2 Å². The maximum absolute atomic E-state index is 10.5. The average molecular weight is 271 g/mol. The Morgan fingerprint density at radius 1 is 1.10 bits per heavy atom. The molecule has 0 unspecified atom stereocenters. The van der Waals surface area contributed by atoms with Gasteiger partial charge >= 0.3 is 0 Å². The third-order valence-corrected chi connectivity index (χ3v) is 3.45. The largest absolute Gasteiger partial charge is 0.507 e. The molecule has 2 nitrogen and oxygen atoms in total. The first-order chi connectivity index (χ1) is 8.91. The summed E-state index contributed by atoms with van der Waals surface area (Å²) in [4.78, 5) is 0. The van der Waals surface area contributed by atoms with Crippen LogP contribution in [0.2, 0.25) is 0 Å². The number of phenolic OH excluding ortho intramolecular Hbond substituents is 1. The minimum Gasteiger partial charge on any atom is -0.507 e. The van der Waals surface area contributed by atoms with Crippen molar-refractivity contribution >= 4 is 5.57 Å². The smallest absolute Gasteiger partial charge is 0.122 e. The lowest BCUT2D eigenvalue weighted by Crippen LogP contribution is -2.24. The van der Waals surface area contributed by atoms with Crippen LogP contribution in [-0.2, 0) is 10.8 Å². The maximum Gasteiger partial charge on any atom is 0.122 e. The molecule has 1 N–H and O–H groups in total. The molecule has 0 aromatic heterocycles. The van der Waals surface area contributed by atoms with Crippen LogP contribution >= 0.6 is 0 Å². The topological polar surface area (TPSA) is 44.0 Å². The minimum absolute atomic E-state index is 0.178. The third-order valence-electron chi connectivity index (χ3n) is 3.45. The van der Waals surface area contributed by atoms with Crippen molar-refractivity contribution in [2.45, 2.75) is 59.3 Å². The first-order valence-corrected chi connectivity index (χ1v) is 6.88. The molecule has 0 heterocycles. The molecule has 0 aliphatic heterocycles. The predicted octanol–water partition coefficient (Wildman–Crippen LogP) is 4.83. The molecule has 0 amide bonds. The van der Waals surface area contributed by atoms with Gasteiger partial charge in [-0.25, -0.2) is 0 Å². The average Bonchev–Trinajstić information content (AvgIpc) is 2.27. The Hall–Kier alpha value is -1.75. The zero-order valence-electron chi connectivity index (χ0n) is 13.7. The second kappa shape index (κ2) is 4.98. The van der Waals surface area contributed by atoms with E-state index in [0.29, 0.717) is 11.3 Å². The summed E-state index contributed by atoms with van der Waals surface area (Å²) in [6.45, 7) is 18.3. The minimum atomic E-state index is -0.205. The van der Waals surface area contributed by atoms with E-state index in [9.17, 15) is 10.4 Å². The fourth-order valence-electron chi connectivity index (χ4n) is 2.61. The summed E-state index contributed by atoms with van der Waals surface area (Å²) >= 11 is 0. The summed E-state index contributed by atoms with van der Waals surface area (Å²) in [5.41, 5.74) is 3.63. The van der Waals surface area contributed by atoms with E-state index in [4.69, 9.17) is 0 Å². The lowest BCUT2D eigenvalue weighted by atomic mass is 9.71. The lowest BCUT2D eigenvalue weighted by Gasteiger charge is -2.33. The number of nitriles is 1. The van der Waals surface area contributed by atoms with Crippen molar-refractivity contribution in [3.05, 3.63) is 34.9 Å². The number of hydrogen-bond donors (Lipinski definition) is 1. The van der Waals surface area contributed by atoms with Gasteiger partial charge < -0.3 is 5.11 Å². The number of benzene rings is 1. The van der Waals surface area contributed by atoms with Gasteiger partial charge in [0.2, 0.25) is 0 Å². The van der Waals surface area contributed by atoms with Gasteiger partial charge in [0.15, 0.2) is 0 Å². The van der Waals surface area contributed by atoms with Crippen molar-refractivity contribution in [2.75, 3.05) is 0 Å². The zero-order chi connectivity index (χ0) is 15.9. The molecule has 0 saturated heterocycles. The summed E-state index contributed by atoms with van der Waals surface area (Å²) in [6.07, 6.45) is 0. The van der Waals surface area contributed by atoms with E-state index < -0.39 is 0 Å². The van der Waals surface area contributed by atoms with E-state index in [1.807, 2.05) is 13.0 Å². The number of phenols is 1. The molecule has 0 aliphatic carbocycles. The van der Waals surface area contributed by atoms with Crippen LogP contribution in [-0.4, -0.2) is 5.11 Å². The monoisotopic (exact) mass is 271 g/mol. The molecule has 1 aromatic rings. The second-order valence-corrected chi connectivity index (χ2v) is 7.43. The third kappa shape index (κ3) is 2.88. The molecule has 0 radical (unpaired) electrons. The Kier molecular flexibility index (Phi) is 4.06. The van der Waals surface area contributed by atoms with Crippen LogP contribution in [0.1, 0.15) is 63.8 Å². The van der Waals surface area contributed by atoms with Gasteiger partial charge in [0, 0.05) is 5.56 Å². The molecule has 108 valence electrons. The standard InChI is InChI=1S/C18H25NO/c1-11-9-13(12(2)10-19)14(17(3,4)5)15(16(11)20)18(6,7)8/h9,20H,2H2,1,3-8H3. The number of rotatable bonds is 1. The van der Waals surface area contributed by atoms with Crippen molar-refractivity contribution in [3.63, 3.8) is 0 Å². The van der Waals surface area contributed by atoms with Gasteiger partial charge in [0.05, 0.1) is 11.6 Å². The summed E-state index contributed by atoms with van der Waals surface area (Å²) in [5, 5.41) is 19.8. The molecule has 1 rings (SSSR count). The first-order valence-electron chi connectivity index (χ1n) is 6.88. The highest BCUT2D eigenvalue weighted by Gasteiger charge is 2.32. The molecule has 0 saturated carbocycles. The Labute approximate surface area is 122 Å². The van der Waals surface area contributed by atoms with Crippen LogP contribution in [0.3, 0.4) is 0 Å². The molecule has 1 aromatic carbocycles. The summed E-state index contributed by atoms with van der Waals surface area (Å²) < 4.78 is 0. The highest BCUT2D eigenvalue weighted by Crippen LogP contribution is 2.44. The SMILES string of the molecule is C=C(C#N)c1cc(C)c(O)c(C(C)(C)C)c1C(C)(C)C. The fourth-order valence-corrected chi connectivity index (χ4v) is 2.61. The molecular weight excluding hydrogens is 246 g/mol. The molecule has 20 heavy (non-hydrogen) atoms. The molecule has 2 heteroatoms.